The van der Waals surface area contributed by atoms with Crippen LogP contribution >= 0.6 is 11.6 Å². The van der Waals surface area contributed by atoms with E-state index in [9.17, 15) is 4.79 Å². The highest BCUT2D eigenvalue weighted by atomic mass is 35.5. The van der Waals surface area contributed by atoms with E-state index >= 15 is 0 Å². The van der Waals surface area contributed by atoms with Crippen LogP contribution in [0.15, 0.2) is 6.20 Å². The van der Waals surface area contributed by atoms with E-state index in [1.54, 1.807) is 13.3 Å². The van der Waals surface area contributed by atoms with E-state index in [4.69, 9.17) is 16.3 Å². The van der Waals surface area contributed by atoms with Crippen molar-refractivity contribution in [3.05, 3.63) is 16.9 Å². The molecule has 17 heavy (non-hydrogen) atoms. The molecule has 0 N–H and O–H groups in total. The average molecular weight is 257 g/mol. The van der Waals surface area contributed by atoms with E-state index < -0.39 is 0 Å². The number of hydrogen-bond donors (Lipinski definition) is 0. The highest BCUT2D eigenvalue weighted by Crippen LogP contribution is 2.39. The van der Waals surface area contributed by atoms with Gasteiger partial charge in [0.1, 0.15) is 5.78 Å². The number of nitrogens with zero attached hydrogens (tertiary/aromatic N) is 2. The lowest BCUT2D eigenvalue weighted by atomic mass is 9.94. The molecule has 1 fully saturated rings. The Hall–Kier alpha value is -0.870. The van der Waals surface area contributed by atoms with Gasteiger partial charge in [0.05, 0.1) is 30.1 Å². The molecule has 1 aromatic heterocycles. The molecule has 1 aromatic rings. The van der Waals surface area contributed by atoms with Gasteiger partial charge in [-0.2, -0.15) is 5.10 Å². The zero-order valence-corrected chi connectivity index (χ0v) is 10.9. The number of carbonyl (C=O) groups excluding carboxylic acids is 1. The van der Waals surface area contributed by atoms with Gasteiger partial charge >= 0.3 is 0 Å². The van der Waals surface area contributed by atoms with Crippen LogP contribution in [0.2, 0.25) is 5.02 Å². The van der Waals surface area contributed by atoms with Gasteiger partial charge in [0.2, 0.25) is 0 Å². The van der Waals surface area contributed by atoms with Crippen molar-refractivity contribution in [1.82, 2.24) is 9.78 Å². The van der Waals surface area contributed by atoms with Crippen molar-refractivity contribution < 1.29 is 9.53 Å². The van der Waals surface area contributed by atoms with Crippen molar-refractivity contribution in [3.63, 3.8) is 0 Å². The van der Waals surface area contributed by atoms with E-state index in [-0.39, 0.29) is 11.8 Å². The van der Waals surface area contributed by atoms with Gasteiger partial charge in [-0.25, -0.2) is 0 Å². The number of ether oxygens (including phenoxy) is 1. The van der Waals surface area contributed by atoms with Crippen LogP contribution in [-0.2, 0) is 16.1 Å². The summed E-state index contributed by atoms with van der Waals surface area (Å²) < 4.78 is 6.92. The predicted octanol–water partition coefficient (Wildman–Crippen LogP) is 2.27. The van der Waals surface area contributed by atoms with Gasteiger partial charge < -0.3 is 4.74 Å². The van der Waals surface area contributed by atoms with Gasteiger partial charge in [0, 0.05) is 25.4 Å². The molecule has 0 radical (unpaired) electrons. The van der Waals surface area contributed by atoms with Crippen molar-refractivity contribution in [2.75, 3.05) is 13.7 Å². The number of halogens is 1. The van der Waals surface area contributed by atoms with Crippen LogP contribution in [0.5, 0.6) is 0 Å². The Bertz CT molecular complexity index is 417. The minimum absolute atomic E-state index is 0.0468. The van der Waals surface area contributed by atoms with Crippen LogP contribution in [0.3, 0.4) is 0 Å². The maximum atomic E-state index is 11.6. The number of carbonyl (C=O) groups is 1. The molecule has 2 rings (SSSR count). The second kappa shape index (κ2) is 5.19. The van der Waals surface area contributed by atoms with E-state index in [0.29, 0.717) is 30.4 Å². The third-order valence-corrected chi connectivity index (χ3v) is 3.80. The largest absolute Gasteiger partial charge is 0.383 e. The van der Waals surface area contributed by atoms with E-state index in [0.717, 1.165) is 12.1 Å². The second-order valence-electron chi connectivity index (χ2n) is 4.49. The van der Waals surface area contributed by atoms with Crippen LogP contribution in [-0.4, -0.2) is 29.3 Å². The number of hydrogen-bond acceptors (Lipinski definition) is 3. The van der Waals surface area contributed by atoms with Crippen molar-refractivity contribution in [2.24, 2.45) is 5.92 Å². The molecule has 2 unspecified atom stereocenters. The molecule has 0 aromatic carbocycles. The predicted molar refractivity (Wildman–Crippen MR) is 65.3 cm³/mol. The van der Waals surface area contributed by atoms with Gasteiger partial charge in [0.15, 0.2) is 0 Å². The maximum Gasteiger partial charge on any atom is 0.136 e. The van der Waals surface area contributed by atoms with E-state index in [2.05, 4.69) is 5.10 Å². The lowest BCUT2D eigenvalue weighted by Gasteiger charge is -2.17. The van der Waals surface area contributed by atoms with Crippen molar-refractivity contribution in [3.8, 4) is 0 Å². The summed E-state index contributed by atoms with van der Waals surface area (Å²) in [6.45, 7) is 3.25. The topological polar surface area (TPSA) is 44.1 Å². The fraction of sp³-hybridized carbons (Fsp3) is 0.667. The first-order valence-electron chi connectivity index (χ1n) is 5.88. The minimum Gasteiger partial charge on any atom is -0.383 e. The van der Waals surface area contributed by atoms with Crippen molar-refractivity contribution >= 4 is 17.4 Å². The number of ketones is 1. The molecule has 0 bridgehead atoms. The molecule has 1 aliphatic rings. The summed E-state index contributed by atoms with van der Waals surface area (Å²) in [5, 5.41) is 4.91. The highest BCUT2D eigenvalue weighted by molar-refractivity contribution is 6.31. The molecule has 0 saturated heterocycles. The molecule has 94 valence electrons. The summed E-state index contributed by atoms with van der Waals surface area (Å²) >= 11 is 6.18. The first kappa shape index (κ1) is 12.6. The molecule has 5 heteroatoms. The smallest absolute Gasteiger partial charge is 0.136 e. The molecule has 2 atom stereocenters. The minimum atomic E-state index is 0.0468. The normalized spacial score (nSPS) is 24.5. The zero-order valence-electron chi connectivity index (χ0n) is 10.1. The molecule has 0 aliphatic heterocycles. The van der Waals surface area contributed by atoms with Crippen LogP contribution in [0.1, 0.15) is 31.4 Å². The molecule has 0 amide bonds. The first-order valence-corrected chi connectivity index (χ1v) is 6.25. The van der Waals surface area contributed by atoms with Crippen molar-refractivity contribution in [1.29, 1.82) is 0 Å². The van der Waals surface area contributed by atoms with Gasteiger partial charge in [-0.15, -0.1) is 0 Å². The quantitative estimate of drug-likeness (QED) is 0.830. The third kappa shape index (κ3) is 2.38. The number of methoxy groups -OCH3 is 1. The molecule has 4 nitrogen and oxygen atoms in total. The first-order chi connectivity index (χ1) is 8.15. The van der Waals surface area contributed by atoms with Crippen LogP contribution < -0.4 is 0 Å². The maximum absolute atomic E-state index is 11.6. The lowest BCUT2D eigenvalue weighted by molar-refractivity contribution is -0.120. The summed E-state index contributed by atoms with van der Waals surface area (Å²) in [6, 6.07) is 0. The zero-order chi connectivity index (χ0) is 12.4. The number of rotatable bonds is 4. The lowest BCUT2D eigenvalue weighted by Crippen LogP contribution is -2.16. The molecule has 1 saturated carbocycles. The summed E-state index contributed by atoms with van der Waals surface area (Å²) in [4.78, 5) is 11.6. The summed E-state index contributed by atoms with van der Waals surface area (Å²) in [6.07, 6.45) is 3.18. The van der Waals surface area contributed by atoms with E-state index in [1.165, 1.54) is 0 Å². The van der Waals surface area contributed by atoms with Crippen molar-refractivity contribution in [2.45, 2.75) is 32.2 Å². The Morgan fingerprint density at radius 1 is 1.65 bits per heavy atom. The molecular weight excluding hydrogens is 240 g/mol. The number of aromatic nitrogens is 2. The summed E-state index contributed by atoms with van der Waals surface area (Å²) in [5.74, 6) is 0.574. The monoisotopic (exact) mass is 256 g/mol. The third-order valence-electron chi connectivity index (χ3n) is 3.50. The molecule has 1 aliphatic carbocycles. The van der Waals surface area contributed by atoms with Gasteiger partial charge in [-0.1, -0.05) is 18.5 Å². The standard InChI is InChI=1S/C12H17ClN2O2/c1-8-9(3-4-11(8)16)12-10(13)7-14-15(12)5-6-17-2/h7-9H,3-6H2,1-2H3. The Balaban J connectivity index is 2.24. The van der Waals surface area contributed by atoms with Gasteiger partial charge in [-0.3, -0.25) is 9.48 Å². The summed E-state index contributed by atoms with van der Waals surface area (Å²) in [7, 11) is 1.66. The van der Waals surface area contributed by atoms with Crippen LogP contribution in [0, 0.1) is 5.92 Å². The number of Topliss-reactive ketones (excluding diaryl/α,β-unsaturated/α-hetero) is 1. The van der Waals surface area contributed by atoms with E-state index in [1.807, 2.05) is 11.6 Å². The van der Waals surface area contributed by atoms with Crippen LogP contribution in [0.4, 0.5) is 0 Å². The Kier molecular flexibility index (Phi) is 3.84. The van der Waals surface area contributed by atoms with Crippen LogP contribution in [0.25, 0.3) is 0 Å². The second-order valence-corrected chi connectivity index (χ2v) is 4.90. The highest BCUT2D eigenvalue weighted by Gasteiger charge is 2.35. The molecule has 0 spiro atoms. The summed E-state index contributed by atoms with van der Waals surface area (Å²) in [5.41, 5.74) is 0.988. The van der Waals surface area contributed by atoms with Gasteiger partial charge in [-0.05, 0) is 6.42 Å². The Morgan fingerprint density at radius 3 is 3.00 bits per heavy atom. The fourth-order valence-corrected chi connectivity index (χ4v) is 2.75. The van der Waals surface area contributed by atoms with Gasteiger partial charge in [0.25, 0.3) is 0 Å². The molecule has 1 heterocycles. The molecular formula is C12H17ClN2O2. The Labute approximate surface area is 106 Å². The Morgan fingerprint density at radius 2 is 2.41 bits per heavy atom. The fourth-order valence-electron chi connectivity index (χ4n) is 2.47. The SMILES string of the molecule is COCCn1ncc(Cl)c1C1CCC(=O)C1C. The average Bonchev–Trinajstić information content (AvgIpc) is 2.82.